The number of nitrogens with zero attached hydrogens (tertiary/aromatic N) is 1. The highest BCUT2D eigenvalue weighted by atomic mass is 32.2. The predicted molar refractivity (Wildman–Crippen MR) is 66.3 cm³/mol. The van der Waals surface area contributed by atoms with Gasteiger partial charge in [0, 0.05) is 12.6 Å². The van der Waals surface area contributed by atoms with Crippen molar-refractivity contribution in [3.8, 4) is 0 Å². The second-order valence-electron chi connectivity index (χ2n) is 4.49. The van der Waals surface area contributed by atoms with Gasteiger partial charge in [-0.2, -0.15) is 0 Å². The molecular weight excluding hydrogens is 208 g/mol. The maximum absolute atomic E-state index is 11.3. The van der Waals surface area contributed by atoms with Crippen molar-refractivity contribution < 1.29 is 4.79 Å². The monoisotopic (exact) mass is 230 g/mol. The van der Waals surface area contributed by atoms with Crippen LogP contribution in [0.5, 0.6) is 0 Å². The summed E-state index contributed by atoms with van der Waals surface area (Å²) in [5.41, 5.74) is 0. The smallest absolute Gasteiger partial charge is 0.279 e. The molecule has 4 heteroatoms. The number of rotatable bonds is 4. The first-order valence-corrected chi connectivity index (χ1v) is 6.92. The molecule has 1 aliphatic heterocycles. The Hall–Kier alpha value is -0.220. The summed E-state index contributed by atoms with van der Waals surface area (Å²) < 4.78 is 0. The van der Waals surface area contributed by atoms with Crippen molar-refractivity contribution in [2.24, 2.45) is 5.92 Å². The van der Waals surface area contributed by atoms with Gasteiger partial charge in [-0.3, -0.25) is 4.79 Å². The number of hydrogen-bond donors (Lipinski definition) is 1. The highest BCUT2D eigenvalue weighted by Gasteiger charge is 2.21. The van der Waals surface area contributed by atoms with E-state index in [0.29, 0.717) is 12.0 Å². The van der Waals surface area contributed by atoms with E-state index in [0.717, 1.165) is 6.54 Å². The molecule has 1 amide bonds. The molecule has 0 aromatic carbocycles. The molecule has 1 rings (SSSR count). The van der Waals surface area contributed by atoms with Gasteiger partial charge in [0.25, 0.3) is 5.24 Å². The van der Waals surface area contributed by atoms with Crippen LogP contribution in [0.1, 0.15) is 26.7 Å². The van der Waals surface area contributed by atoms with Crippen LogP contribution in [0.4, 0.5) is 4.79 Å². The summed E-state index contributed by atoms with van der Waals surface area (Å²) in [6.07, 6.45) is 4.44. The molecule has 15 heavy (non-hydrogen) atoms. The minimum Gasteiger partial charge on any atom is -0.343 e. The van der Waals surface area contributed by atoms with E-state index >= 15 is 0 Å². The Morgan fingerprint density at radius 3 is 2.47 bits per heavy atom. The van der Waals surface area contributed by atoms with E-state index in [1.165, 1.54) is 37.7 Å². The van der Waals surface area contributed by atoms with Gasteiger partial charge in [0.2, 0.25) is 0 Å². The third-order valence-electron chi connectivity index (χ3n) is 2.95. The Labute approximate surface area is 97.0 Å². The van der Waals surface area contributed by atoms with E-state index in [4.69, 9.17) is 0 Å². The highest BCUT2D eigenvalue weighted by molar-refractivity contribution is 8.12. The second kappa shape index (κ2) is 6.38. The van der Waals surface area contributed by atoms with Crippen molar-refractivity contribution in [2.75, 3.05) is 25.9 Å². The van der Waals surface area contributed by atoms with Crippen LogP contribution >= 0.6 is 11.8 Å². The Bertz CT molecular complexity index is 203. The minimum absolute atomic E-state index is 0.0906. The zero-order valence-electron chi connectivity index (χ0n) is 9.95. The summed E-state index contributed by atoms with van der Waals surface area (Å²) in [7, 11) is 0. The molecular formula is C11H22N2OS. The van der Waals surface area contributed by atoms with Crippen LogP contribution in [-0.4, -0.2) is 42.1 Å². The Morgan fingerprint density at radius 2 is 2.00 bits per heavy atom. The summed E-state index contributed by atoms with van der Waals surface area (Å²) in [5, 5.41) is 3.17. The lowest BCUT2D eigenvalue weighted by molar-refractivity contribution is 0.235. The average Bonchev–Trinajstić information content (AvgIpc) is 2.69. The molecule has 1 aliphatic rings. The van der Waals surface area contributed by atoms with Gasteiger partial charge in [0.1, 0.15) is 0 Å². The first-order valence-electron chi connectivity index (χ1n) is 5.70. The van der Waals surface area contributed by atoms with E-state index < -0.39 is 0 Å². The number of amides is 1. The van der Waals surface area contributed by atoms with Crippen molar-refractivity contribution in [1.29, 1.82) is 0 Å². The van der Waals surface area contributed by atoms with Crippen LogP contribution in [0.2, 0.25) is 0 Å². The number of likely N-dealkylation sites (tertiary alicyclic amines) is 1. The van der Waals surface area contributed by atoms with Gasteiger partial charge in [-0.15, -0.1) is 0 Å². The molecule has 0 aromatic rings. The minimum atomic E-state index is 0.0906. The van der Waals surface area contributed by atoms with Crippen molar-refractivity contribution in [2.45, 2.75) is 32.7 Å². The SMILES string of the molecule is CSC(=O)N[C@H](CN1CCCC1)C(C)C. The van der Waals surface area contributed by atoms with Gasteiger partial charge >= 0.3 is 0 Å². The van der Waals surface area contributed by atoms with Crippen LogP contribution in [0.25, 0.3) is 0 Å². The molecule has 1 saturated heterocycles. The van der Waals surface area contributed by atoms with Crippen LogP contribution < -0.4 is 5.32 Å². The van der Waals surface area contributed by atoms with Crippen LogP contribution in [0, 0.1) is 5.92 Å². The van der Waals surface area contributed by atoms with Gasteiger partial charge in [-0.05, 0) is 38.1 Å². The van der Waals surface area contributed by atoms with Gasteiger partial charge < -0.3 is 10.2 Å². The fourth-order valence-corrected chi connectivity index (χ4v) is 2.15. The van der Waals surface area contributed by atoms with Crippen molar-refractivity contribution in [3.63, 3.8) is 0 Å². The summed E-state index contributed by atoms with van der Waals surface area (Å²) in [6, 6.07) is 0.294. The van der Waals surface area contributed by atoms with Crippen molar-refractivity contribution in [3.05, 3.63) is 0 Å². The number of hydrogen-bond acceptors (Lipinski definition) is 3. The number of carbonyl (C=O) groups excluding carboxylic acids is 1. The van der Waals surface area contributed by atoms with E-state index in [-0.39, 0.29) is 5.24 Å². The molecule has 1 N–H and O–H groups in total. The second-order valence-corrected chi connectivity index (χ2v) is 5.27. The molecule has 88 valence electrons. The lowest BCUT2D eigenvalue weighted by atomic mass is 10.0. The zero-order valence-corrected chi connectivity index (χ0v) is 10.8. The van der Waals surface area contributed by atoms with Crippen molar-refractivity contribution >= 4 is 17.0 Å². The third-order valence-corrected chi connectivity index (χ3v) is 3.44. The fourth-order valence-electron chi connectivity index (χ4n) is 1.88. The summed E-state index contributed by atoms with van der Waals surface area (Å²) >= 11 is 1.26. The molecule has 0 unspecified atom stereocenters. The van der Waals surface area contributed by atoms with Crippen molar-refractivity contribution in [1.82, 2.24) is 10.2 Å². The first kappa shape index (κ1) is 12.8. The molecule has 0 radical (unpaired) electrons. The molecule has 0 saturated carbocycles. The van der Waals surface area contributed by atoms with E-state index in [2.05, 4.69) is 24.1 Å². The standard InChI is InChI=1S/C11H22N2OS/c1-9(2)10(12-11(14)15-3)8-13-6-4-5-7-13/h9-10H,4-8H2,1-3H3,(H,12,14)/t10-/m1/s1. The zero-order chi connectivity index (χ0) is 11.3. The molecule has 0 bridgehead atoms. The lowest BCUT2D eigenvalue weighted by Crippen LogP contribution is -2.44. The quantitative estimate of drug-likeness (QED) is 0.803. The van der Waals surface area contributed by atoms with Gasteiger partial charge in [-0.1, -0.05) is 25.6 Å². The van der Waals surface area contributed by atoms with Gasteiger partial charge in [0.05, 0.1) is 0 Å². The van der Waals surface area contributed by atoms with E-state index in [1.54, 1.807) is 0 Å². The lowest BCUT2D eigenvalue weighted by Gasteiger charge is -2.27. The maximum atomic E-state index is 11.3. The summed E-state index contributed by atoms with van der Waals surface area (Å²) in [4.78, 5) is 13.8. The fraction of sp³-hybridized carbons (Fsp3) is 0.909. The van der Waals surface area contributed by atoms with Crippen LogP contribution in [-0.2, 0) is 0 Å². The highest BCUT2D eigenvalue weighted by Crippen LogP contribution is 2.12. The van der Waals surface area contributed by atoms with Gasteiger partial charge in [-0.25, -0.2) is 0 Å². The molecule has 1 fully saturated rings. The Kier molecular flexibility index (Phi) is 5.47. The van der Waals surface area contributed by atoms with Crippen LogP contribution in [0.15, 0.2) is 0 Å². The molecule has 1 atom stereocenters. The first-order chi connectivity index (χ1) is 7.13. The largest absolute Gasteiger partial charge is 0.343 e. The molecule has 0 aliphatic carbocycles. The van der Waals surface area contributed by atoms with E-state index in [1.807, 2.05) is 6.26 Å². The van der Waals surface area contributed by atoms with E-state index in [9.17, 15) is 4.79 Å². The third kappa shape index (κ3) is 4.43. The normalized spacial score (nSPS) is 19.5. The number of nitrogens with one attached hydrogen (secondary N) is 1. The molecule has 3 nitrogen and oxygen atoms in total. The molecule has 1 heterocycles. The number of thioether (sulfide) groups is 1. The molecule has 0 spiro atoms. The predicted octanol–water partition coefficient (Wildman–Crippen LogP) is 2.18. The maximum Gasteiger partial charge on any atom is 0.279 e. The Morgan fingerprint density at radius 1 is 1.40 bits per heavy atom. The van der Waals surface area contributed by atoms with Crippen LogP contribution in [0.3, 0.4) is 0 Å². The summed E-state index contributed by atoms with van der Waals surface area (Å²) in [5.74, 6) is 0.502. The Balaban J connectivity index is 2.38. The number of carbonyl (C=O) groups is 1. The topological polar surface area (TPSA) is 32.3 Å². The average molecular weight is 230 g/mol. The van der Waals surface area contributed by atoms with Gasteiger partial charge in [0.15, 0.2) is 0 Å². The summed E-state index contributed by atoms with van der Waals surface area (Å²) in [6.45, 7) is 7.73. The molecule has 0 aromatic heterocycles.